The predicted molar refractivity (Wildman–Crippen MR) is 55.7 cm³/mol. The Hall–Kier alpha value is -0.890. The SMILES string of the molecule is CC.Cc1ccnc2sccc12. The maximum Gasteiger partial charge on any atom is 0.123 e. The molecule has 0 aliphatic heterocycles. The lowest BCUT2D eigenvalue weighted by Gasteiger charge is -1.90. The molecule has 0 spiro atoms. The summed E-state index contributed by atoms with van der Waals surface area (Å²) in [5.41, 5.74) is 1.31. The van der Waals surface area contributed by atoms with Crippen molar-refractivity contribution in [1.29, 1.82) is 0 Å². The Morgan fingerprint density at radius 3 is 2.67 bits per heavy atom. The van der Waals surface area contributed by atoms with E-state index in [0.717, 1.165) is 4.83 Å². The molecule has 0 unspecified atom stereocenters. The molecule has 2 aromatic heterocycles. The Morgan fingerprint density at radius 2 is 2.00 bits per heavy atom. The minimum absolute atomic E-state index is 1.14. The van der Waals surface area contributed by atoms with Crippen molar-refractivity contribution in [2.75, 3.05) is 0 Å². The minimum atomic E-state index is 1.14. The lowest BCUT2D eigenvalue weighted by Crippen LogP contribution is -1.74. The van der Waals surface area contributed by atoms with Crippen LogP contribution in [0.25, 0.3) is 10.2 Å². The number of aromatic nitrogens is 1. The lowest BCUT2D eigenvalue weighted by atomic mass is 10.2. The standard InChI is InChI=1S/C8H7NS.C2H6/c1-6-2-4-9-8-7(6)3-5-10-8;1-2/h2-5H,1H3;1-2H3. The molecule has 0 amide bonds. The van der Waals surface area contributed by atoms with Gasteiger partial charge in [-0.3, -0.25) is 0 Å². The van der Waals surface area contributed by atoms with Crippen molar-refractivity contribution in [3.63, 3.8) is 0 Å². The fraction of sp³-hybridized carbons (Fsp3) is 0.300. The van der Waals surface area contributed by atoms with E-state index in [1.165, 1.54) is 10.9 Å². The topological polar surface area (TPSA) is 12.9 Å². The first-order valence-electron chi connectivity index (χ1n) is 4.17. The maximum atomic E-state index is 4.22. The van der Waals surface area contributed by atoms with Crippen LogP contribution in [0.5, 0.6) is 0 Å². The molecular weight excluding hydrogens is 166 g/mol. The van der Waals surface area contributed by atoms with Gasteiger partial charge in [0.1, 0.15) is 4.83 Å². The van der Waals surface area contributed by atoms with Crippen LogP contribution in [0.15, 0.2) is 23.7 Å². The van der Waals surface area contributed by atoms with E-state index < -0.39 is 0 Å². The van der Waals surface area contributed by atoms with Gasteiger partial charge in [0.25, 0.3) is 0 Å². The fourth-order valence-electron chi connectivity index (χ4n) is 1.01. The van der Waals surface area contributed by atoms with Crippen LogP contribution in [-0.2, 0) is 0 Å². The monoisotopic (exact) mass is 179 g/mol. The molecule has 0 fully saturated rings. The molecule has 64 valence electrons. The van der Waals surface area contributed by atoms with Gasteiger partial charge in [0.2, 0.25) is 0 Å². The summed E-state index contributed by atoms with van der Waals surface area (Å²) in [5, 5.41) is 3.36. The molecule has 0 N–H and O–H groups in total. The molecule has 2 heterocycles. The highest BCUT2D eigenvalue weighted by Crippen LogP contribution is 2.20. The Balaban J connectivity index is 0.000000336. The molecular formula is C10H13NS. The number of hydrogen-bond donors (Lipinski definition) is 0. The van der Waals surface area contributed by atoms with Gasteiger partial charge in [-0.15, -0.1) is 11.3 Å². The Labute approximate surface area is 77.1 Å². The van der Waals surface area contributed by atoms with Crippen LogP contribution in [0, 0.1) is 6.92 Å². The van der Waals surface area contributed by atoms with Crippen molar-refractivity contribution in [2.45, 2.75) is 20.8 Å². The molecule has 2 rings (SSSR count). The predicted octanol–water partition coefficient (Wildman–Crippen LogP) is 3.63. The minimum Gasteiger partial charge on any atom is -0.245 e. The van der Waals surface area contributed by atoms with E-state index in [-0.39, 0.29) is 0 Å². The first kappa shape index (κ1) is 9.20. The van der Waals surface area contributed by atoms with Crippen molar-refractivity contribution in [2.24, 2.45) is 0 Å². The highest BCUT2D eigenvalue weighted by molar-refractivity contribution is 7.16. The summed E-state index contributed by atoms with van der Waals surface area (Å²) in [7, 11) is 0. The van der Waals surface area contributed by atoms with Crippen LogP contribution >= 0.6 is 11.3 Å². The molecule has 1 nitrogen and oxygen atoms in total. The van der Waals surface area contributed by atoms with Crippen molar-refractivity contribution < 1.29 is 0 Å². The van der Waals surface area contributed by atoms with Crippen LogP contribution in [0.3, 0.4) is 0 Å². The highest BCUT2D eigenvalue weighted by atomic mass is 32.1. The first-order valence-corrected chi connectivity index (χ1v) is 5.05. The molecule has 0 saturated carbocycles. The summed E-state index contributed by atoms with van der Waals surface area (Å²) in [6.07, 6.45) is 1.86. The number of pyridine rings is 1. The van der Waals surface area contributed by atoms with Crippen molar-refractivity contribution >= 4 is 21.6 Å². The molecule has 12 heavy (non-hydrogen) atoms. The summed E-state index contributed by atoms with van der Waals surface area (Å²) in [4.78, 5) is 5.36. The second kappa shape index (κ2) is 4.21. The maximum absolute atomic E-state index is 4.22. The Bertz CT molecular complexity index is 351. The van der Waals surface area contributed by atoms with Crippen molar-refractivity contribution in [3.8, 4) is 0 Å². The molecule has 0 bridgehead atoms. The molecule has 2 aromatic rings. The van der Waals surface area contributed by atoms with Crippen LogP contribution in [-0.4, -0.2) is 4.98 Å². The summed E-state index contributed by atoms with van der Waals surface area (Å²) < 4.78 is 0. The number of rotatable bonds is 0. The zero-order valence-electron chi connectivity index (χ0n) is 7.66. The zero-order valence-corrected chi connectivity index (χ0v) is 8.48. The number of aryl methyl sites for hydroxylation is 1. The molecule has 0 saturated heterocycles. The van der Waals surface area contributed by atoms with Crippen LogP contribution in [0.4, 0.5) is 0 Å². The molecule has 0 aromatic carbocycles. The molecule has 0 aliphatic carbocycles. The summed E-state index contributed by atoms with van der Waals surface area (Å²) in [5.74, 6) is 0. The van der Waals surface area contributed by atoms with Gasteiger partial charge in [0.05, 0.1) is 0 Å². The third-order valence-electron chi connectivity index (χ3n) is 1.59. The number of fused-ring (bicyclic) bond motifs is 1. The van der Waals surface area contributed by atoms with E-state index in [1.807, 2.05) is 26.1 Å². The molecule has 0 aliphatic rings. The third kappa shape index (κ3) is 1.64. The van der Waals surface area contributed by atoms with Gasteiger partial charge in [0.15, 0.2) is 0 Å². The smallest absolute Gasteiger partial charge is 0.123 e. The quantitative estimate of drug-likeness (QED) is 0.601. The van der Waals surface area contributed by atoms with Gasteiger partial charge in [-0.05, 0) is 30.0 Å². The van der Waals surface area contributed by atoms with E-state index in [1.54, 1.807) is 11.3 Å². The highest BCUT2D eigenvalue weighted by Gasteiger charge is 1.95. The first-order chi connectivity index (χ1) is 5.88. The molecule has 0 radical (unpaired) electrons. The average molecular weight is 179 g/mol. The van der Waals surface area contributed by atoms with E-state index in [2.05, 4.69) is 23.4 Å². The van der Waals surface area contributed by atoms with Gasteiger partial charge < -0.3 is 0 Å². The second-order valence-electron chi connectivity index (χ2n) is 2.27. The van der Waals surface area contributed by atoms with Crippen LogP contribution in [0.2, 0.25) is 0 Å². The van der Waals surface area contributed by atoms with Gasteiger partial charge in [-0.2, -0.15) is 0 Å². The van der Waals surface area contributed by atoms with Crippen LogP contribution < -0.4 is 0 Å². The third-order valence-corrected chi connectivity index (χ3v) is 2.41. The molecule has 0 atom stereocenters. The van der Waals surface area contributed by atoms with E-state index >= 15 is 0 Å². The van der Waals surface area contributed by atoms with Gasteiger partial charge in [0, 0.05) is 11.6 Å². The zero-order chi connectivity index (χ0) is 8.97. The van der Waals surface area contributed by atoms with E-state index in [4.69, 9.17) is 0 Å². The average Bonchev–Trinajstić information content (AvgIpc) is 2.57. The van der Waals surface area contributed by atoms with E-state index in [9.17, 15) is 0 Å². The normalized spacial score (nSPS) is 9.25. The fourth-order valence-corrected chi connectivity index (χ4v) is 1.82. The van der Waals surface area contributed by atoms with Crippen molar-refractivity contribution in [1.82, 2.24) is 4.98 Å². The number of hydrogen-bond acceptors (Lipinski definition) is 2. The largest absolute Gasteiger partial charge is 0.245 e. The summed E-state index contributed by atoms with van der Waals surface area (Å²) >= 11 is 1.69. The second-order valence-corrected chi connectivity index (χ2v) is 3.16. The van der Waals surface area contributed by atoms with Gasteiger partial charge >= 0.3 is 0 Å². The Kier molecular flexibility index (Phi) is 3.23. The lowest BCUT2D eigenvalue weighted by molar-refractivity contribution is 1.40. The van der Waals surface area contributed by atoms with Crippen molar-refractivity contribution in [3.05, 3.63) is 29.3 Å². The van der Waals surface area contributed by atoms with E-state index in [0.29, 0.717) is 0 Å². The van der Waals surface area contributed by atoms with Gasteiger partial charge in [-0.1, -0.05) is 13.8 Å². The molecule has 2 heteroatoms. The van der Waals surface area contributed by atoms with Crippen LogP contribution in [0.1, 0.15) is 19.4 Å². The number of nitrogens with zero attached hydrogens (tertiary/aromatic N) is 1. The van der Waals surface area contributed by atoms with Gasteiger partial charge in [-0.25, -0.2) is 4.98 Å². The Morgan fingerprint density at radius 1 is 1.25 bits per heavy atom. The summed E-state index contributed by atoms with van der Waals surface area (Å²) in [6, 6.07) is 4.15. The number of thiophene rings is 1. The summed E-state index contributed by atoms with van der Waals surface area (Å²) in [6.45, 7) is 6.11.